The molecule has 3 aromatic rings. The zero-order valence-corrected chi connectivity index (χ0v) is 17.5. The molecule has 0 spiro atoms. The van der Waals surface area contributed by atoms with E-state index in [1.807, 2.05) is 66.7 Å². The first-order valence-electron chi connectivity index (χ1n) is 10.4. The lowest BCUT2D eigenvalue weighted by Gasteiger charge is -2.19. The zero-order chi connectivity index (χ0) is 21.5. The van der Waals surface area contributed by atoms with E-state index in [2.05, 4.69) is 16.7 Å². The number of methoxy groups -OCH3 is 1. The second-order valence-electron chi connectivity index (χ2n) is 7.36. The van der Waals surface area contributed by atoms with Crippen molar-refractivity contribution in [2.24, 2.45) is 0 Å². The van der Waals surface area contributed by atoms with Gasteiger partial charge in [0.25, 0.3) is 5.91 Å². The van der Waals surface area contributed by atoms with Gasteiger partial charge in [0, 0.05) is 23.7 Å². The summed E-state index contributed by atoms with van der Waals surface area (Å²) in [6.45, 7) is 1.91. The molecule has 1 atom stereocenters. The molecule has 3 aromatic carbocycles. The van der Waals surface area contributed by atoms with Crippen LogP contribution in [0.1, 0.15) is 17.2 Å². The van der Waals surface area contributed by atoms with Crippen molar-refractivity contribution in [2.45, 2.75) is 12.5 Å². The van der Waals surface area contributed by atoms with Gasteiger partial charge in [-0.15, -0.1) is 0 Å². The molecule has 0 radical (unpaired) electrons. The summed E-state index contributed by atoms with van der Waals surface area (Å²) >= 11 is 0. The van der Waals surface area contributed by atoms with Crippen molar-refractivity contribution >= 4 is 11.6 Å². The molecular weight excluding hydrogens is 392 g/mol. The van der Waals surface area contributed by atoms with E-state index in [0.717, 1.165) is 35.6 Å². The number of carbonyl (C=O) groups excluding carboxylic acids is 1. The van der Waals surface area contributed by atoms with Gasteiger partial charge in [0.05, 0.1) is 13.7 Å². The Morgan fingerprint density at radius 1 is 1.00 bits per heavy atom. The molecule has 6 nitrogen and oxygen atoms in total. The average molecular weight is 420 g/mol. The highest BCUT2D eigenvalue weighted by molar-refractivity contribution is 5.94. The van der Waals surface area contributed by atoms with Crippen LogP contribution in [0.2, 0.25) is 0 Å². The fraction of sp³-hybridized carbons (Fsp3) is 0.240. The van der Waals surface area contributed by atoms with Crippen LogP contribution >= 0.6 is 0 Å². The fourth-order valence-corrected chi connectivity index (χ4v) is 3.64. The average Bonchev–Trinajstić information content (AvgIpc) is 2.82. The maximum Gasteiger partial charge on any atom is 0.287 e. The van der Waals surface area contributed by atoms with Crippen LogP contribution in [0.5, 0.6) is 17.2 Å². The van der Waals surface area contributed by atoms with Crippen molar-refractivity contribution in [3.8, 4) is 17.2 Å². The van der Waals surface area contributed by atoms with E-state index in [-0.39, 0.29) is 11.9 Å². The van der Waals surface area contributed by atoms with Crippen LogP contribution in [0.15, 0.2) is 72.8 Å². The monoisotopic (exact) mass is 419 g/mol. The first kappa shape index (κ1) is 20.8. The molecule has 0 saturated carbocycles. The van der Waals surface area contributed by atoms with E-state index in [1.165, 1.54) is 0 Å². The predicted molar refractivity (Wildman–Crippen MR) is 119 cm³/mol. The van der Waals surface area contributed by atoms with Gasteiger partial charge < -0.3 is 24.8 Å². The number of quaternary nitrogens is 1. The number of nitrogens with one attached hydrogen (secondary N) is 1. The molecule has 1 aliphatic rings. The van der Waals surface area contributed by atoms with Crippen LogP contribution in [0.3, 0.4) is 0 Å². The molecule has 3 N–H and O–H groups in total. The predicted octanol–water partition coefficient (Wildman–Crippen LogP) is 2.95. The standard InChI is InChI=1S/C25H26N2O4/c1-29-21-9-5-8-20(17-21)27-25(28)24(19-6-3-2-4-7-19)26-13-12-18-10-11-22-23(16-18)31-15-14-30-22/h2-11,16-17,24,26H,12-15H2,1H3,(H,27,28)/p+1/t24-/m0/s1. The molecule has 1 heterocycles. The van der Waals surface area contributed by atoms with Gasteiger partial charge in [-0.25, -0.2) is 0 Å². The van der Waals surface area contributed by atoms with Gasteiger partial charge in [0.15, 0.2) is 17.5 Å². The quantitative estimate of drug-likeness (QED) is 0.589. The first-order valence-corrected chi connectivity index (χ1v) is 10.4. The zero-order valence-electron chi connectivity index (χ0n) is 17.5. The molecular formula is C25H27N2O4+. The summed E-state index contributed by atoms with van der Waals surface area (Å²) in [5.74, 6) is 2.22. The summed E-state index contributed by atoms with van der Waals surface area (Å²) in [5.41, 5.74) is 2.83. The number of ether oxygens (including phenoxy) is 3. The topological polar surface area (TPSA) is 73.4 Å². The van der Waals surface area contributed by atoms with E-state index >= 15 is 0 Å². The molecule has 31 heavy (non-hydrogen) atoms. The third-order valence-corrected chi connectivity index (χ3v) is 5.22. The second kappa shape index (κ2) is 10.00. The van der Waals surface area contributed by atoms with Crippen molar-refractivity contribution in [1.82, 2.24) is 0 Å². The highest BCUT2D eigenvalue weighted by atomic mass is 16.6. The minimum Gasteiger partial charge on any atom is -0.497 e. The lowest BCUT2D eigenvalue weighted by atomic mass is 10.0. The van der Waals surface area contributed by atoms with Crippen LogP contribution in [0.4, 0.5) is 5.69 Å². The first-order chi connectivity index (χ1) is 15.2. The Bertz CT molecular complexity index is 1020. The highest BCUT2D eigenvalue weighted by Crippen LogP contribution is 2.30. The number of benzene rings is 3. The molecule has 1 amide bonds. The van der Waals surface area contributed by atoms with Crippen LogP contribution in [0, 0.1) is 0 Å². The summed E-state index contributed by atoms with van der Waals surface area (Å²) in [6.07, 6.45) is 0.812. The Labute approximate surface area is 182 Å². The maximum atomic E-state index is 13.1. The van der Waals surface area contributed by atoms with Gasteiger partial charge in [0.2, 0.25) is 0 Å². The number of nitrogens with two attached hydrogens (primary N) is 1. The number of rotatable bonds is 8. The number of hydrogen-bond acceptors (Lipinski definition) is 4. The molecule has 4 rings (SSSR count). The highest BCUT2D eigenvalue weighted by Gasteiger charge is 2.24. The van der Waals surface area contributed by atoms with Crippen molar-refractivity contribution in [3.63, 3.8) is 0 Å². The van der Waals surface area contributed by atoms with Crippen molar-refractivity contribution in [1.29, 1.82) is 0 Å². The van der Waals surface area contributed by atoms with E-state index in [1.54, 1.807) is 7.11 Å². The Kier molecular flexibility index (Phi) is 6.69. The van der Waals surface area contributed by atoms with E-state index in [4.69, 9.17) is 14.2 Å². The number of anilines is 1. The van der Waals surface area contributed by atoms with Crippen LogP contribution < -0.4 is 24.8 Å². The molecule has 6 heteroatoms. The van der Waals surface area contributed by atoms with Gasteiger partial charge >= 0.3 is 0 Å². The van der Waals surface area contributed by atoms with Gasteiger partial charge in [-0.1, -0.05) is 42.5 Å². The SMILES string of the molecule is COc1cccc(NC(=O)[C@@H]([NH2+]CCc2ccc3c(c2)OCCO3)c2ccccc2)c1. The number of carbonyl (C=O) groups is 1. The Morgan fingerprint density at radius 2 is 1.81 bits per heavy atom. The van der Waals surface area contributed by atoms with Crippen molar-refractivity contribution in [2.75, 3.05) is 32.2 Å². The molecule has 1 aliphatic heterocycles. The van der Waals surface area contributed by atoms with E-state index in [0.29, 0.717) is 24.7 Å². The summed E-state index contributed by atoms with van der Waals surface area (Å²) in [7, 11) is 1.61. The Morgan fingerprint density at radius 3 is 2.61 bits per heavy atom. The summed E-state index contributed by atoms with van der Waals surface area (Å²) < 4.78 is 16.5. The molecule has 160 valence electrons. The van der Waals surface area contributed by atoms with Crippen molar-refractivity contribution in [3.05, 3.63) is 83.9 Å². The summed E-state index contributed by atoms with van der Waals surface area (Å²) in [4.78, 5) is 13.1. The van der Waals surface area contributed by atoms with Crippen molar-refractivity contribution < 1.29 is 24.3 Å². The second-order valence-corrected chi connectivity index (χ2v) is 7.36. The minimum atomic E-state index is -0.357. The minimum absolute atomic E-state index is 0.0679. The van der Waals surface area contributed by atoms with Gasteiger partial charge in [-0.2, -0.15) is 0 Å². The molecule has 0 aliphatic carbocycles. The lowest BCUT2D eigenvalue weighted by molar-refractivity contribution is -0.682. The van der Waals surface area contributed by atoms with Gasteiger partial charge in [0.1, 0.15) is 19.0 Å². The fourth-order valence-electron chi connectivity index (χ4n) is 3.64. The number of hydrogen-bond donors (Lipinski definition) is 2. The summed E-state index contributed by atoms with van der Waals surface area (Å²) in [5, 5.41) is 5.09. The Balaban J connectivity index is 1.43. The largest absolute Gasteiger partial charge is 0.497 e. The third-order valence-electron chi connectivity index (χ3n) is 5.22. The van der Waals surface area contributed by atoms with Crippen LogP contribution in [-0.4, -0.2) is 32.8 Å². The third kappa shape index (κ3) is 5.35. The number of amides is 1. The smallest absolute Gasteiger partial charge is 0.287 e. The molecule has 0 aromatic heterocycles. The summed E-state index contributed by atoms with van der Waals surface area (Å²) in [6, 6.07) is 22.9. The van der Waals surface area contributed by atoms with Crippen LogP contribution in [-0.2, 0) is 11.2 Å². The number of fused-ring (bicyclic) bond motifs is 1. The van der Waals surface area contributed by atoms with Gasteiger partial charge in [-0.3, -0.25) is 4.79 Å². The van der Waals surface area contributed by atoms with Crippen LogP contribution in [0.25, 0.3) is 0 Å². The lowest BCUT2D eigenvalue weighted by Crippen LogP contribution is -2.87. The Hall–Kier alpha value is -3.51. The van der Waals surface area contributed by atoms with E-state index in [9.17, 15) is 4.79 Å². The maximum absolute atomic E-state index is 13.1. The normalized spacial score (nSPS) is 13.3. The molecule has 0 unspecified atom stereocenters. The molecule has 0 saturated heterocycles. The molecule has 0 fully saturated rings. The molecule has 0 bridgehead atoms. The van der Waals surface area contributed by atoms with Gasteiger partial charge in [-0.05, 0) is 29.8 Å². The van der Waals surface area contributed by atoms with E-state index < -0.39 is 0 Å².